The molecule has 0 saturated heterocycles. The van der Waals surface area contributed by atoms with E-state index in [9.17, 15) is 74.1 Å². The van der Waals surface area contributed by atoms with Gasteiger partial charge in [0.25, 0.3) is 11.4 Å². The minimum absolute atomic E-state index is 0.00389. The molecule has 16 nitrogen and oxygen atoms in total. The van der Waals surface area contributed by atoms with Crippen LogP contribution in [0.4, 0.5) is 61.4 Å². The third-order valence-corrected chi connectivity index (χ3v) is 11.5. The van der Waals surface area contributed by atoms with E-state index in [0.29, 0.717) is 18.5 Å². The first kappa shape index (κ1) is 72.2. The third-order valence-electron chi connectivity index (χ3n) is 9.33. The van der Waals surface area contributed by atoms with E-state index in [2.05, 4.69) is 78.2 Å². The molecule has 5 aromatic rings. The molecule has 0 fully saturated rings. The summed E-state index contributed by atoms with van der Waals surface area (Å²) in [6, 6.07) is 20.6. The van der Waals surface area contributed by atoms with Crippen molar-refractivity contribution in [2.75, 3.05) is 45.1 Å². The molecule has 0 saturated carbocycles. The van der Waals surface area contributed by atoms with E-state index in [0.717, 1.165) is 30.3 Å². The van der Waals surface area contributed by atoms with E-state index in [1.54, 1.807) is 0 Å². The number of hydrogen-bond acceptors (Lipinski definition) is 14. The maximum absolute atomic E-state index is 12.8. The van der Waals surface area contributed by atoms with Crippen molar-refractivity contribution in [1.29, 1.82) is 0 Å². The Hall–Kier alpha value is -5.75. The van der Waals surface area contributed by atoms with Crippen molar-refractivity contribution in [1.82, 2.24) is 4.90 Å². The molecule has 0 amide bonds. The van der Waals surface area contributed by atoms with E-state index in [4.69, 9.17) is 38.0 Å². The lowest BCUT2D eigenvalue weighted by atomic mass is 10.0. The number of esters is 1. The van der Waals surface area contributed by atoms with Gasteiger partial charge in [-0.3, -0.25) is 29.8 Å². The van der Waals surface area contributed by atoms with Crippen LogP contribution in [0.2, 0.25) is 0 Å². The van der Waals surface area contributed by atoms with Gasteiger partial charge in [0, 0.05) is 81.0 Å². The quantitative estimate of drug-likeness (QED) is 0.0145. The Morgan fingerprint density at radius 1 is 0.603 bits per heavy atom. The number of non-ortho nitro benzene ring substituents is 2. The molecule has 0 aliphatic heterocycles. The first-order valence-corrected chi connectivity index (χ1v) is 25.1. The number of nitro groups is 2. The summed E-state index contributed by atoms with van der Waals surface area (Å²) in [6.07, 6.45) is -13.2. The Morgan fingerprint density at radius 2 is 0.962 bits per heavy atom. The highest BCUT2D eigenvalue weighted by Gasteiger charge is 2.35. The molecule has 0 aliphatic carbocycles. The summed E-state index contributed by atoms with van der Waals surface area (Å²) in [5, 5.41) is 37.0. The highest BCUT2D eigenvalue weighted by atomic mass is 79.9. The molecule has 0 aliphatic rings. The lowest BCUT2D eigenvalue weighted by molar-refractivity contribution is -0.385. The van der Waals surface area contributed by atoms with E-state index < -0.39 is 56.5 Å². The van der Waals surface area contributed by atoms with E-state index >= 15 is 0 Å². The molecular formula is C49H52Br3ClF9N5O11. The number of carbonyl (C=O) groups is 3. The van der Waals surface area contributed by atoms with Crippen LogP contribution in [0.3, 0.4) is 0 Å². The maximum Gasteiger partial charge on any atom is 0.417 e. The monoisotopic (exact) mass is 1330 g/mol. The van der Waals surface area contributed by atoms with Crippen molar-refractivity contribution in [2.24, 2.45) is 5.73 Å². The summed E-state index contributed by atoms with van der Waals surface area (Å²) in [5.41, 5.74) is 6.91. The van der Waals surface area contributed by atoms with Crippen LogP contribution >= 0.6 is 59.4 Å². The normalized spacial score (nSPS) is 10.8. The predicted molar refractivity (Wildman–Crippen MR) is 284 cm³/mol. The van der Waals surface area contributed by atoms with Crippen molar-refractivity contribution in [2.45, 2.75) is 65.0 Å². The fourth-order valence-electron chi connectivity index (χ4n) is 5.52. The zero-order valence-electron chi connectivity index (χ0n) is 41.4. The van der Waals surface area contributed by atoms with Crippen molar-refractivity contribution in [3.63, 3.8) is 0 Å². The van der Waals surface area contributed by atoms with Gasteiger partial charge in [-0.1, -0.05) is 80.7 Å². The van der Waals surface area contributed by atoms with Crippen molar-refractivity contribution < 1.29 is 83.4 Å². The second-order valence-corrected chi connectivity index (χ2v) is 17.9. The van der Waals surface area contributed by atoms with Gasteiger partial charge in [-0.25, -0.2) is 4.79 Å². The van der Waals surface area contributed by atoms with Crippen LogP contribution < -0.4 is 20.9 Å². The van der Waals surface area contributed by atoms with Gasteiger partial charge in [-0.2, -0.15) is 39.5 Å². The summed E-state index contributed by atoms with van der Waals surface area (Å²) < 4.78 is 122. The second kappa shape index (κ2) is 36.4. The molecule has 0 unspecified atom stereocenters. The predicted octanol–water partition coefficient (Wildman–Crippen LogP) is 13.5. The SMILES string of the molecule is CCN(CC)CC.NCCO.Nc1ccc(Br)c(C(F)(F)F)c1.O=C(CCCO)Cc1ccc(Br)c(C(F)(F)F)c1.O=C(Cc1ccc(Br)c(C(F)(F)F)c1)Oc1ccc([N+](=O)[O-])cc1.O=C(Cl)Oc1ccc([N+](=O)[O-])cc1. The van der Waals surface area contributed by atoms with Gasteiger partial charge in [-0.05, 0) is 104 Å². The van der Waals surface area contributed by atoms with Crippen LogP contribution in [0.15, 0.2) is 117 Å². The van der Waals surface area contributed by atoms with Gasteiger partial charge in [0.2, 0.25) is 0 Å². The molecule has 0 bridgehead atoms. The van der Waals surface area contributed by atoms with Crippen molar-refractivity contribution in [3.05, 3.63) is 165 Å². The Balaban J connectivity index is 0.000000978. The van der Waals surface area contributed by atoms with Crippen LogP contribution in [-0.4, -0.2) is 81.5 Å². The topological polar surface area (TPSA) is 252 Å². The smallest absolute Gasteiger partial charge is 0.417 e. The number of anilines is 1. The average molecular weight is 1330 g/mol. The minimum Gasteiger partial charge on any atom is -0.426 e. The summed E-state index contributed by atoms with van der Waals surface area (Å²) >= 11 is 13.4. The fraction of sp³-hybridized carbons (Fsp3) is 0.327. The standard InChI is InChI=1S/C15H9BrF3NO4.C12H12BrF3O2.C7H5BrF3N.C7H4ClNO4.C6H15N.C2H7NO/c16-13-6-1-9(7-12(13)15(17,18)19)8-14(21)24-11-4-2-10(3-5-11)20(22)23;13-11-4-3-8(6-9(18)2-1-5-17)7-10(11)12(14,15)16;8-6-2-1-4(12)3-5(6)7(9,10)11;8-7(10)13-6-3-1-5(2-4-6)9(11)12;1-4-7(5-2)6-3;3-1-2-4/h1-7H,8H2;3-4,7,17H,1-2,5-6H2;1-3H,12H2;1-4H;4-6H2,1-3H3;4H,1-3H2. The number of ketones is 1. The zero-order chi connectivity index (χ0) is 60.0. The number of Topliss-reactive ketones (excluding diaryl/α,β-unsaturated/α-hetero) is 1. The number of nitro benzene ring substituents is 2. The number of aliphatic hydroxyl groups is 2. The largest absolute Gasteiger partial charge is 0.426 e. The molecular weight excluding hydrogens is 1280 g/mol. The number of aliphatic hydroxyl groups excluding tert-OH is 2. The fourth-order valence-corrected chi connectivity index (χ4v) is 7.02. The first-order valence-electron chi connectivity index (χ1n) is 22.3. The molecule has 29 heteroatoms. The Morgan fingerprint density at radius 3 is 1.27 bits per heavy atom. The molecule has 0 aromatic heterocycles. The number of nitrogen functional groups attached to an aromatic ring is 1. The van der Waals surface area contributed by atoms with Gasteiger partial charge in [0.05, 0.1) is 39.6 Å². The van der Waals surface area contributed by atoms with E-state index in [1.165, 1.54) is 92.4 Å². The molecule has 5 rings (SSSR count). The number of benzene rings is 5. The van der Waals surface area contributed by atoms with Crippen LogP contribution in [0.25, 0.3) is 0 Å². The van der Waals surface area contributed by atoms with Crippen LogP contribution in [-0.2, 0) is 41.0 Å². The Bertz CT molecular complexity index is 2660. The van der Waals surface area contributed by atoms with Crippen molar-refractivity contribution in [3.8, 4) is 11.5 Å². The number of nitrogens with zero attached hydrogens (tertiary/aromatic N) is 3. The number of hydrogen-bond donors (Lipinski definition) is 4. The van der Waals surface area contributed by atoms with Crippen LogP contribution in [0, 0.1) is 20.2 Å². The zero-order valence-corrected chi connectivity index (χ0v) is 46.9. The van der Waals surface area contributed by atoms with Gasteiger partial charge < -0.3 is 36.1 Å². The summed E-state index contributed by atoms with van der Waals surface area (Å²) in [6.45, 7) is 10.5. The van der Waals surface area contributed by atoms with Gasteiger partial charge >= 0.3 is 29.9 Å². The average Bonchev–Trinajstić information content (AvgIpc) is 3.36. The number of halogens is 13. The Labute approximate surface area is 471 Å². The third kappa shape index (κ3) is 29.8. The van der Waals surface area contributed by atoms with E-state index in [1.807, 2.05) is 0 Å². The number of carbonyl (C=O) groups excluding carboxylic acids is 3. The molecule has 5 aromatic carbocycles. The number of rotatable bonds is 15. The van der Waals surface area contributed by atoms with Gasteiger partial charge in [0.15, 0.2) is 0 Å². The molecule has 6 N–H and O–H groups in total. The molecule has 78 heavy (non-hydrogen) atoms. The number of alkyl halides is 9. The molecule has 430 valence electrons. The summed E-state index contributed by atoms with van der Waals surface area (Å²) in [5.74, 6) is -0.719. The number of nitrogens with two attached hydrogens (primary N) is 2. The molecule has 0 spiro atoms. The highest BCUT2D eigenvalue weighted by molar-refractivity contribution is 9.11. The number of ether oxygens (including phenoxy) is 2. The van der Waals surface area contributed by atoms with Crippen LogP contribution in [0.1, 0.15) is 61.4 Å². The lowest BCUT2D eigenvalue weighted by Gasteiger charge is -2.13. The molecule has 0 radical (unpaired) electrons. The van der Waals surface area contributed by atoms with E-state index in [-0.39, 0.29) is 85.8 Å². The lowest BCUT2D eigenvalue weighted by Crippen LogP contribution is -2.21. The highest BCUT2D eigenvalue weighted by Crippen LogP contribution is 2.38. The van der Waals surface area contributed by atoms with Crippen molar-refractivity contribution >= 4 is 93.6 Å². The summed E-state index contributed by atoms with van der Waals surface area (Å²) in [4.78, 5) is 55.4. The Kier molecular flexibility index (Phi) is 33.7. The summed E-state index contributed by atoms with van der Waals surface area (Å²) in [7, 11) is 0. The molecule has 0 atom stereocenters. The first-order chi connectivity index (χ1) is 36.3. The van der Waals surface area contributed by atoms with Crippen LogP contribution in [0.5, 0.6) is 11.5 Å². The minimum atomic E-state index is -4.54. The maximum atomic E-state index is 12.8. The van der Waals surface area contributed by atoms with Gasteiger partial charge in [-0.15, -0.1) is 0 Å². The second-order valence-electron chi connectivity index (χ2n) is 15.0. The van der Waals surface area contributed by atoms with Gasteiger partial charge in [0.1, 0.15) is 17.3 Å². The molecule has 0 heterocycles.